The van der Waals surface area contributed by atoms with Gasteiger partial charge in [-0.1, -0.05) is 28.7 Å². The smallest absolute Gasteiger partial charge is 1.00 e. The Morgan fingerprint density at radius 1 is 0.893 bits per heavy atom. The molecule has 0 aromatic carbocycles. The van der Waals surface area contributed by atoms with Gasteiger partial charge in [-0.3, -0.25) is 14.5 Å². The molecule has 6 radical (unpaired) electrons. The Balaban J connectivity index is 0. The van der Waals surface area contributed by atoms with Crippen molar-refractivity contribution < 1.29 is 53.9 Å². The van der Waals surface area contributed by atoms with Crippen LogP contribution in [0, 0.1) is 43.4 Å². The molecular formula is C19H30Cl2N3O2PRu. The molecule has 2 aliphatic heterocycles. The van der Waals surface area contributed by atoms with E-state index in [4.69, 9.17) is 0 Å². The average molecular weight is 535 g/mol. The third kappa shape index (κ3) is 9.56. The molecule has 2 saturated heterocycles. The molecule has 1 aliphatic carbocycles. The molecule has 28 heavy (non-hydrogen) atoms. The van der Waals surface area contributed by atoms with E-state index in [0.29, 0.717) is 19.3 Å². The van der Waals surface area contributed by atoms with Gasteiger partial charge in [0.15, 0.2) is 0 Å². The van der Waals surface area contributed by atoms with E-state index < -0.39 is 0 Å². The summed E-state index contributed by atoms with van der Waals surface area (Å²) in [5.74, 6) is 3.70. The summed E-state index contributed by atoms with van der Waals surface area (Å²) in [6.07, 6.45) is 11.5. The molecule has 3 aliphatic rings. The zero-order valence-electron chi connectivity index (χ0n) is 17.1. The van der Waals surface area contributed by atoms with Crippen LogP contribution in [0.3, 0.4) is 0 Å². The Hall–Kier alpha value is 0.533. The van der Waals surface area contributed by atoms with E-state index in [-0.39, 0.29) is 64.0 Å². The van der Waals surface area contributed by atoms with Crippen molar-refractivity contribution in [3.05, 3.63) is 37.5 Å². The maximum atomic E-state index is 11.3. The summed E-state index contributed by atoms with van der Waals surface area (Å²) in [6.45, 7) is 11.1. The topological polar surface area (TPSA) is 43.9 Å². The Labute approximate surface area is 198 Å². The Morgan fingerprint density at radius 2 is 1.32 bits per heavy atom. The molecule has 0 aromatic heterocycles. The summed E-state index contributed by atoms with van der Waals surface area (Å²) < 4.78 is 0. The molecule has 0 aromatic rings. The number of amides is 2. The molecule has 3 fully saturated rings. The van der Waals surface area contributed by atoms with E-state index in [2.05, 4.69) is 51.4 Å². The van der Waals surface area contributed by atoms with Gasteiger partial charge in [-0.05, 0) is 43.4 Å². The van der Waals surface area contributed by atoms with Crippen molar-refractivity contribution in [1.82, 2.24) is 14.7 Å². The summed E-state index contributed by atoms with van der Waals surface area (Å²) in [6, 6.07) is 0. The SMILES string of the molecule is CC(=O)N1CN2CN(C(C)=O)CP(C2)C1.C[C]1[CH][CH][C](C(C)C)[CH][CH]1.[Cl-].[Cl-].[Ru+2]. The van der Waals surface area contributed by atoms with Crippen LogP contribution in [-0.4, -0.2) is 58.7 Å². The number of carbonyl (C=O) groups excluding carboxylic acids is 2. The van der Waals surface area contributed by atoms with E-state index in [1.165, 1.54) is 11.8 Å². The molecule has 0 unspecified atom stereocenters. The van der Waals surface area contributed by atoms with Crippen LogP contribution in [0.15, 0.2) is 0 Å². The first-order chi connectivity index (χ1) is 11.8. The van der Waals surface area contributed by atoms with Gasteiger partial charge in [0.1, 0.15) is 0 Å². The standard InChI is InChI=1S/C10H14.C9H16N3O2P.2ClH.Ru/c1-8(2)10-6-4-9(3)5-7-10;1-8(13)11-3-10-4-12(9(2)14)7-15(5-10)6-11;;;/h4-8H,1-3H3;3-7H2,1-2H3;2*1H;/q;;;;+2/p-2. The summed E-state index contributed by atoms with van der Waals surface area (Å²) in [4.78, 5) is 28.5. The van der Waals surface area contributed by atoms with Crippen LogP contribution in [0.4, 0.5) is 0 Å². The number of hydrogen-bond donors (Lipinski definition) is 0. The first kappa shape index (κ1) is 30.7. The van der Waals surface area contributed by atoms with Crippen molar-refractivity contribution in [1.29, 1.82) is 0 Å². The first-order valence-electron chi connectivity index (χ1n) is 8.78. The van der Waals surface area contributed by atoms with Crippen LogP contribution in [0.5, 0.6) is 0 Å². The fourth-order valence-corrected chi connectivity index (χ4v) is 5.51. The van der Waals surface area contributed by atoms with Crippen molar-refractivity contribution in [2.24, 2.45) is 5.92 Å². The van der Waals surface area contributed by atoms with Crippen LogP contribution < -0.4 is 24.8 Å². The normalized spacial score (nSPS) is 24.8. The third-order valence-corrected chi connectivity index (χ3v) is 6.80. The van der Waals surface area contributed by atoms with Crippen molar-refractivity contribution in [2.75, 3.05) is 32.2 Å². The van der Waals surface area contributed by atoms with Gasteiger partial charge in [0.2, 0.25) is 11.8 Å². The molecule has 0 spiro atoms. The van der Waals surface area contributed by atoms with E-state index in [1.54, 1.807) is 13.8 Å². The molecule has 160 valence electrons. The van der Waals surface area contributed by atoms with Gasteiger partial charge in [-0.25, -0.2) is 0 Å². The number of nitrogens with zero attached hydrogens (tertiary/aromatic N) is 3. The van der Waals surface area contributed by atoms with Crippen LogP contribution in [-0.2, 0) is 29.1 Å². The predicted molar refractivity (Wildman–Crippen MR) is 102 cm³/mol. The van der Waals surface area contributed by atoms with Gasteiger partial charge < -0.3 is 34.6 Å². The zero-order chi connectivity index (χ0) is 18.6. The van der Waals surface area contributed by atoms with E-state index in [1.807, 2.05) is 9.80 Å². The van der Waals surface area contributed by atoms with Gasteiger partial charge in [0.05, 0.1) is 13.3 Å². The Bertz CT molecular complexity index is 440. The summed E-state index contributed by atoms with van der Waals surface area (Å²) >= 11 is 0. The van der Waals surface area contributed by atoms with E-state index in [0.717, 1.165) is 18.9 Å². The van der Waals surface area contributed by atoms with Crippen molar-refractivity contribution in [2.45, 2.75) is 34.6 Å². The number of rotatable bonds is 1. The number of fused-ring (bicyclic) bond motifs is 2. The van der Waals surface area contributed by atoms with Gasteiger partial charge in [-0.15, -0.1) is 0 Å². The first-order valence-corrected chi connectivity index (χ1v) is 10.7. The maximum absolute atomic E-state index is 11.3. The Kier molecular flexibility index (Phi) is 15.9. The molecule has 5 nitrogen and oxygen atoms in total. The predicted octanol–water partition coefficient (Wildman–Crippen LogP) is -3.07. The minimum Gasteiger partial charge on any atom is -1.00 e. The van der Waals surface area contributed by atoms with Crippen LogP contribution >= 0.6 is 7.92 Å². The number of carbonyl (C=O) groups is 2. The van der Waals surface area contributed by atoms with Crippen molar-refractivity contribution in [3.63, 3.8) is 0 Å². The molecule has 0 atom stereocenters. The average Bonchev–Trinajstić information content (AvgIpc) is 2.54. The largest absolute Gasteiger partial charge is 2.00 e. The molecule has 1 saturated carbocycles. The van der Waals surface area contributed by atoms with E-state index >= 15 is 0 Å². The van der Waals surface area contributed by atoms with E-state index in [9.17, 15) is 9.59 Å². The molecule has 9 heteroatoms. The number of halogens is 2. The quantitative estimate of drug-likeness (QED) is 0.265. The van der Waals surface area contributed by atoms with Crippen LogP contribution in [0.1, 0.15) is 34.6 Å². The minimum atomic E-state index is -0.229. The fourth-order valence-electron chi connectivity index (χ4n) is 2.96. The summed E-state index contributed by atoms with van der Waals surface area (Å²) in [7, 11) is -0.229. The molecular weight excluding hydrogens is 505 g/mol. The monoisotopic (exact) mass is 535 g/mol. The molecule has 3 rings (SSSR count). The van der Waals surface area contributed by atoms with Gasteiger partial charge in [0.25, 0.3) is 0 Å². The van der Waals surface area contributed by atoms with Crippen molar-refractivity contribution in [3.8, 4) is 0 Å². The van der Waals surface area contributed by atoms with Crippen LogP contribution in [0.2, 0.25) is 0 Å². The summed E-state index contributed by atoms with van der Waals surface area (Å²) in [5.41, 5.74) is 0. The van der Waals surface area contributed by atoms with Gasteiger partial charge in [-0.2, -0.15) is 0 Å². The maximum Gasteiger partial charge on any atom is 2.00 e. The summed E-state index contributed by atoms with van der Waals surface area (Å²) in [5, 5.41) is 0. The number of hydrogen-bond acceptors (Lipinski definition) is 3. The molecule has 2 heterocycles. The third-order valence-electron chi connectivity index (χ3n) is 4.52. The second-order valence-electron chi connectivity index (χ2n) is 7.23. The minimum absolute atomic E-state index is 0. The van der Waals surface area contributed by atoms with Crippen molar-refractivity contribution >= 4 is 19.7 Å². The molecule has 2 amide bonds. The fraction of sp³-hybridized carbons (Fsp3) is 0.579. The molecule has 0 N–H and O–H groups in total. The Morgan fingerprint density at radius 3 is 1.64 bits per heavy atom. The van der Waals surface area contributed by atoms with Gasteiger partial charge in [0, 0.05) is 32.7 Å². The second-order valence-corrected chi connectivity index (χ2v) is 9.42. The zero-order valence-corrected chi connectivity index (χ0v) is 21.3. The van der Waals surface area contributed by atoms with Crippen LogP contribution in [0.25, 0.3) is 0 Å². The second kappa shape index (κ2) is 14.5. The van der Waals surface area contributed by atoms with Gasteiger partial charge >= 0.3 is 19.5 Å². The molecule has 2 bridgehead atoms.